The Bertz CT molecular complexity index is 1430. The lowest BCUT2D eigenvalue weighted by atomic mass is 9.89. The second-order valence-corrected chi connectivity index (χ2v) is 11.4. The number of nitrogens with one attached hydrogen (secondary N) is 3. The minimum absolute atomic E-state index is 0.0598. The van der Waals surface area contributed by atoms with Gasteiger partial charge < -0.3 is 31.5 Å². The Morgan fingerprint density at radius 3 is 1.98 bits per heavy atom. The van der Waals surface area contributed by atoms with Crippen LogP contribution in [0.4, 0.5) is 32.4 Å². The van der Waals surface area contributed by atoms with Crippen molar-refractivity contribution in [2.45, 2.75) is 77.9 Å². The van der Waals surface area contributed by atoms with E-state index in [2.05, 4.69) is 20.7 Å². The molecule has 0 bridgehead atoms. The van der Waals surface area contributed by atoms with Crippen molar-refractivity contribution in [3.8, 4) is 5.75 Å². The Morgan fingerprint density at radius 1 is 0.833 bits per heavy atom. The molecule has 0 aliphatic rings. The molecule has 0 aliphatic heterocycles. The number of urea groups is 1. The summed E-state index contributed by atoms with van der Waals surface area (Å²) in [6, 6.07) is 4.79. The summed E-state index contributed by atoms with van der Waals surface area (Å²) in [5.74, 6) is -16.8. The molecule has 2 atom stereocenters. The SMILES string of the molecule is CC(C)[C@H](NC(=O)CCCCCC(=O)Oc1c(F)c(F)c(F)c(F)c1F)C(=O)C[C@@H](CCCNC(N)=O)C(=O)Nc1ccc(CO)cc1. The number of aliphatic hydroxyl groups excluding tert-OH is 1. The topological polar surface area (TPSA) is 177 Å². The number of carbonyl (C=O) groups excluding carboxylic acids is 5. The second kappa shape index (κ2) is 19.3. The molecule has 0 saturated heterocycles. The molecule has 0 fully saturated rings. The first-order valence-electron chi connectivity index (χ1n) is 15.2. The zero-order chi connectivity index (χ0) is 36.0. The fourth-order valence-corrected chi connectivity index (χ4v) is 4.63. The number of anilines is 1. The predicted molar refractivity (Wildman–Crippen MR) is 163 cm³/mol. The third-order valence-corrected chi connectivity index (χ3v) is 7.25. The summed E-state index contributed by atoms with van der Waals surface area (Å²) >= 11 is 0. The Hall–Kier alpha value is -4.60. The third kappa shape index (κ3) is 12.2. The van der Waals surface area contributed by atoms with Crippen LogP contribution in [0.15, 0.2) is 24.3 Å². The number of ketones is 1. The molecule has 0 radical (unpaired) electrons. The number of aliphatic hydroxyl groups is 1. The number of ether oxygens (including phenoxy) is 1. The van der Waals surface area contributed by atoms with E-state index in [1.807, 2.05) is 0 Å². The summed E-state index contributed by atoms with van der Waals surface area (Å²) < 4.78 is 71.6. The number of Topliss-reactive ketones (excluding diaryl/α,β-unsaturated/α-hetero) is 1. The van der Waals surface area contributed by atoms with E-state index in [4.69, 9.17) is 5.73 Å². The van der Waals surface area contributed by atoms with E-state index in [1.54, 1.807) is 38.1 Å². The van der Waals surface area contributed by atoms with Crippen LogP contribution in [0.2, 0.25) is 0 Å². The van der Waals surface area contributed by atoms with Crippen molar-refractivity contribution in [3.05, 3.63) is 58.9 Å². The summed E-state index contributed by atoms with van der Waals surface area (Å²) in [6.07, 6.45) is 0.398. The van der Waals surface area contributed by atoms with Crippen LogP contribution >= 0.6 is 0 Å². The lowest BCUT2D eigenvalue weighted by Crippen LogP contribution is -2.45. The normalized spacial score (nSPS) is 12.3. The maximum Gasteiger partial charge on any atom is 0.312 e. The van der Waals surface area contributed by atoms with Gasteiger partial charge in [0.15, 0.2) is 5.78 Å². The van der Waals surface area contributed by atoms with Gasteiger partial charge in [0.1, 0.15) is 0 Å². The van der Waals surface area contributed by atoms with E-state index >= 15 is 0 Å². The van der Waals surface area contributed by atoms with Crippen molar-refractivity contribution in [1.29, 1.82) is 0 Å². The molecule has 2 aromatic carbocycles. The van der Waals surface area contributed by atoms with Crippen LogP contribution in [0.25, 0.3) is 0 Å². The summed E-state index contributed by atoms with van der Waals surface area (Å²) in [7, 11) is 0. The highest BCUT2D eigenvalue weighted by atomic mass is 19.2. The van der Waals surface area contributed by atoms with Gasteiger partial charge in [-0.1, -0.05) is 32.4 Å². The average Bonchev–Trinajstić information content (AvgIpc) is 3.04. The van der Waals surface area contributed by atoms with Crippen LogP contribution in [-0.4, -0.2) is 47.3 Å². The van der Waals surface area contributed by atoms with Gasteiger partial charge in [-0.25, -0.2) is 18.0 Å². The molecule has 11 nitrogen and oxygen atoms in total. The Kier molecular flexibility index (Phi) is 15.9. The van der Waals surface area contributed by atoms with Gasteiger partial charge in [0.05, 0.1) is 12.6 Å². The molecule has 0 aliphatic carbocycles. The lowest BCUT2D eigenvalue weighted by molar-refractivity contribution is -0.135. The minimum Gasteiger partial charge on any atom is -0.420 e. The summed E-state index contributed by atoms with van der Waals surface area (Å²) in [6.45, 7) is 3.43. The van der Waals surface area contributed by atoms with Crippen LogP contribution < -0.4 is 26.4 Å². The van der Waals surface area contributed by atoms with Crippen LogP contribution in [0, 0.1) is 40.9 Å². The molecule has 0 aromatic heterocycles. The van der Waals surface area contributed by atoms with Gasteiger partial charge in [0, 0.05) is 37.4 Å². The first kappa shape index (κ1) is 39.6. The van der Waals surface area contributed by atoms with Gasteiger partial charge in [-0.15, -0.1) is 0 Å². The number of halogens is 5. The van der Waals surface area contributed by atoms with E-state index in [0.717, 1.165) is 0 Å². The first-order valence-corrected chi connectivity index (χ1v) is 15.2. The predicted octanol–water partition coefficient (Wildman–Crippen LogP) is 4.53. The van der Waals surface area contributed by atoms with E-state index in [9.17, 15) is 51.0 Å². The third-order valence-electron chi connectivity index (χ3n) is 7.25. The van der Waals surface area contributed by atoms with Crippen LogP contribution in [0.3, 0.4) is 0 Å². The molecule has 2 aromatic rings. The standard InChI is InChI=1S/C32H39F5N4O7/c1-17(2)29(21(43)15-19(7-6-14-39-32(38)47)31(46)40-20-12-10-18(16-42)11-13-20)41-22(44)8-4-3-5-9-23(45)48-30-27(36)25(34)24(33)26(35)28(30)37/h10-13,17,19,29,42H,3-9,14-16H2,1-2H3,(H,40,46)(H,41,44)(H3,38,39,47)/t19-,29+/m1/s1. The fourth-order valence-electron chi connectivity index (χ4n) is 4.63. The Morgan fingerprint density at radius 2 is 1.42 bits per heavy atom. The van der Waals surface area contributed by atoms with Gasteiger partial charge in [0.25, 0.3) is 0 Å². The van der Waals surface area contributed by atoms with Crippen LogP contribution in [0.5, 0.6) is 5.75 Å². The van der Waals surface area contributed by atoms with Crippen molar-refractivity contribution in [2.75, 3.05) is 11.9 Å². The molecule has 264 valence electrons. The second-order valence-electron chi connectivity index (χ2n) is 11.4. The smallest absolute Gasteiger partial charge is 0.312 e. The van der Waals surface area contributed by atoms with Crippen molar-refractivity contribution in [3.63, 3.8) is 0 Å². The maximum absolute atomic E-state index is 13.7. The lowest BCUT2D eigenvalue weighted by Gasteiger charge is -2.24. The first-order chi connectivity index (χ1) is 22.7. The number of hydrogen-bond acceptors (Lipinski definition) is 7. The van der Waals surface area contributed by atoms with E-state index in [1.165, 1.54) is 0 Å². The molecule has 4 amide bonds. The number of primary amides is 1. The van der Waals surface area contributed by atoms with Crippen LogP contribution in [0.1, 0.15) is 70.8 Å². The van der Waals surface area contributed by atoms with Gasteiger partial charge >= 0.3 is 12.0 Å². The van der Waals surface area contributed by atoms with Crippen molar-refractivity contribution in [1.82, 2.24) is 10.6 Å². The van der Waals surface area contributed by atoms with Crippen molar-refractivity contribution < 1.29 is 55.8 Å². The summed E-state index contributed by atoms with van der Waals surface area (Å²) in [5.41, 5.74) is 6.18. The molecular formula is C32H39F5N4O7. The molecule has 6 N–H and O–H groups in total. The molecule has 16 heteroatoms. The van der Waals surface area contributed by atoms with E-state index in [-0.39, 0.29) is 57.6 Å². The van der Waals surface area contributed by atoms with Gasteiger partial charge in [0.2, 0.25) is 46.6 Å². The number of carbonyl (C=O) groups is 5. The minimum atomic E-state index is -2.38. The fraction of sp³-hybridized carbons (Fsp3) is 0.469. The van der Waals surface area contributed by atoms with Gasteiger partial charge in [-0.05, 0) is 49.3 Å². The van der Waals surface area contributed by atoms with E-state index in [0.29, 0.717) is 17.7 Å². The van der Waals surface area contributed by atoms with Crippen molar-refractivity contribution >= 4 is 35.3 Å². The Balaban J connectivity index is 1.91. The zero-order valence-electron chi connectivity index (χ0n) is 26.5. The molecule has 0 spiro atoms. The number of esters is 1. The van der Waals surface area contributed by atoms with Gasteiger partial charge in [-0.2, -0.15) is 8.78 Å². The maximum atomic E-state index is 13.7. The highest BCUT2D eigenvalue weighted by Crippen LogP contribution is 2.29. The average molecular weight is 687 g/mol. The Labute approximate surface area is 273 Å². The summed E-state index contributed by atoms with van der Waals surface area (Å²) in [4.78, 5) is 62.1. The number of amides is 4. The molecular weight excluding hydrogens is 647 g/mol. The molecule has 2 rings (SSSR count). The highest BCUT2D eigenvalue weighted by molar-refractivity contribution is 5.97. The molecule has 0 saturated carbocycles. The number of unbranched alkanes of at least 4 members (excludes halogenated alkanes) is 2. The number of rotatable bonds is 19. The number of benzene rings is 2. The van der Waals surface area contributed by atoms with Gasteiger partial charge in [-0.3, -0.25) is 19.2 Å². The molecule has 0 unspecified atom stereocenters. The number of nitrogens with two attached hydrogens (primary N) is 1. The highest BCUT2D eigenvalue weighted by Gasteiger charge is 2.30. The van der Waals surface area contributed by atoms with Crippen LogP contribution in [-0.2, 0) is 25.8 Å². The molecule has 48 heavy (non-hydrogen) atoms. The van der Waals surface area contributed by atoms with Crippen molar-refractivity contribution in [2.24, 2.45) is 17.6 Å². The monoisotopic (exact) mass is 686 g/mol. The largest absolute Gasteiger partial charge is 0.420 e. The number of hydrogen-bond donors (Lipinski definition) is 5. The molecule has 0 heterocycles. The quantitative estimate of drug-likeness (QED) is 0.0360. The zero-order valence-corrected chi connectivity index (χ0v) is 26.5. The van der Waals surface area contributed by atoms with E-state index < -0.39 is 82.8 Å². The summed E-state index contributed by atoms with van der Waals surface area (Å²) in [5, 5.41) is 17.1.